The van der Waals surface area contributed by atoms with Gasteiger partial charge in [-0.05, 0) is 36.8 Å². The van der Waals surface area contributed by atoms with Gasteiger partial charge in [0.1, 0.15) is 6.10 Å². The highest BCUT2D eigenvalue weighted by Gasteiger charge is 2.41. The van der Waals surface area contributed by atoms with Gasteiger partial charge in [-0.25, -0.2) is 4.79 Å². The topological polar surface area (TPSA) is 26.3 Å². The monoisotopic (exact) mass is 214 g/mol. The molecule has 3 rings (SSSR count). The number of carbonyl (C=O) groups is 1. The molecule has 0 radical (unpaired) electrons. The van der Waals surface area contributed by atoms with Crippen LogP contribution >= 0.6 is 0 Å². The van der Waals surface area contributed by atoms with Crippen LogP contribution < -0.4 is 0 Å². The minimum Gasteiger partial charge on any atom is -0.454 e. The summed E-state index contributed by atoms with van der Waals surface area (Å²) in [6.45, 7) is 2.02. The third kappa shape index (κ3) is 1.45. The van der Waals surface area contributed by atoms with Gasteiger partial charge in [-0.2, -0.15) is 0 Å². The second kappa shape index (κ2) is 3.48. The van der Waals surface area contributed by atoms with E-state index in [1.54, 1.807) is 0 Å². The van der Waals surface area contributed by atoms with E-state index in [9.17, 15) is 4.79 Å². The third-order valence-corrected chi connectivity index (χ3v) is 3.37. The first kappa shape index (κ1) is 9.64. The fraction of sp³-hybridized carbons (Fsp3) is 0.357. The van der Waals surface area contributed by atoms with Gasteiger partial charge in [0.2, 0.25) is 0 Å². The molecule has 0 saturated heterocycles. The van der Waals surface area contributed by atoms with Crippen molar-refractivity contribution in [3.05, 3.63) is 41.5 Å². The highest BCUT2D eigenvalue weighted by molar-refractivity contribution is 6.19. The van der Waals surface area contributed by atoms with Gasteiger partial charge in [-0.3, -0.25) is 0 Å². The zero-order valence-electron chi connectivity index (χ0n) is 9.27. The second-order valence-corrected chi connectivity index (χ2v) is 4.59. The second-order valence-electron chi connectivity index (χ2n) is 4.59. The SMILES string of the molecule is CC1=C(c2ccccc2)C(=O)OC1C1CC1. The summed E-state index contributed by atoms with van der Waals surface area (Å²) in [5, 5.41) is 0. The predicted molar refractivity (Wildman–Crippen MR) is 61.6 cm³/mol. The molecule has 0 bridgehead atoms. The maximum atomic E-state index is 11.8. The van der Waals surface area contributed by atoms with Crippen molar-refractivity contribution in [3.63, 3.8) is 0 Å². The van der Waals surface area contributed by atoms with Crippen molar-refractivity contribution in [1.29, 1.82) is 0 Å². The fourth-order valence-corrected chi connectivity index (χ4v) is 2.36. The Morgan fingerprint density at radius 2 is 1.88 bits per heavy atom. The van der Waals surface area contributed by atoms with E-state index < -0.39 is 0 Å². The summed E-state index contributed by atoms with van der Waals surface area (Å²) < 4.78 is 5.45. The quantitative estimate of drug-likeness (QED) is 0.707. The summed E-state index contributed by atoms with van der Waals surface area (Å²) in [6.07, 6.45) is 2.43. The number of benzene rings is 1. The van der Waals surface area contributed by atoms with Crippen LogP contribution in [0.5, 0.6) is 0 Å². The molecule has 0 N–H and O–H groups in total. The summed E-state index contributed by atoms with van der Waals surface area (Å²) in [5.74, 6) is 0.422. The molecule has 1 aliphatic carbocycles. The Kier molecular flexibility index (Phi) is 2.10. The molecular formula is C14H14O2. The maximum Gasteiger partial charge on any atom is 0.339 e. The van der Waals surface area contributed by atoms with E-state index in [-0.39, 0.29) is 12.1 Å². The molecule has 2 nitrogen and oxygen atoms in total. The first-order valence-electron chi connectivity index (χ1n) is 5.74. The molecule has 1 heterocycles. The molecule has 1 aliphatic heterocycles. The van der Waals surface area contributed by atoms with Crippen molar-refractivity contribution < 1.29 is 9.53 Å². The van der Waals surface area contributed by atoms with Crippen LogP contribution in [0.1, 0.15) is 25.3 Å². The van der Waals surface area contributed by atoms with Gasteiger partial charge in [0.05, 0.1) is 5.57 Å². The lowest BCUT2D eigenvalue weighted by Gasteiger charge is -2.08. The van der Waals surface area contributed by atoms with E-state index >= 15 is 0 Å². The van der Waals surface area contributed by atoms with E-state index in [2.05, 4.69) is 0 Å². The number of ether oxygens (including phenoxy) is 1. The average molecular weight is 214 g/mol. The van der Waals surface area contributed by atoms with Gasteiger partial charge in [0.15, 0.2) is 0 Å². The minimum atomic E-state index is -0.152. The molecule has 16 heavy (non-hydrogen) atoms. The Morgan fingerprint density at radius 1 is 1.19 bits per heavy atom. The Balaban J connectivity index is 2.01. The molecule has 1 aromatic rings. The summed E-state index contributed by atoms with van der Waals surface area (Å²) >= 11 is 0. The fourth-order valence-electron chi connectivity index (χ4n) is 2.36. The predicted octanol–water partition coefficient (Wildman–Crippen LogP) is 2.80. The lowest BCUT2D eigenvalue weighted by Crippen LogP contribution is -2.12. The molecule has 1 aromatic carbocycles. The third-order valence-electron chi connectivity index (χ3n) is 3.37. The first-order chi connectivity index (χ1) is 7.77. The van der Waals surface area contributed by atoms with Crippen LogP contribution in [0.15, 0.2) is 35.9 Å². The zero-order valence-corrected chi connectivity index (χ0v) is 9.27. The summed E-state index contributed by atoms with van der Waals surface area (Å²) in [5.41, 5.74) is 2.87. The van der Waals surface area contributed by atoms with E-state index in [0.717, 1.165) is 16.7 Å². The Hall–Kier alpha value is -1.57. The van der Waals surface area contributed by atoms with Crippen molar-refractivity contribution in [1.82, 2.24) is 0 Å². The van der Waals surface area contributed by atoms with Crippen LogP contribution in [-0.2, 0) is 9.53 Å². The molecule has 0 spiro atoms. The standard InChI is InChI=1S/C14H14O2/c1-9-12(10-5-3-2-4-6-10)14(15)16-13(9)11-7-8-11/h2-6,11,13H,7-8H2,1H3. The van der Waals surface area contributed by atoms with Crippen molar-refractivity contribution in [2.75, 3.05) is 0 Å². The highest BCUT2D eigenvalue weighted by Crippen LogP contribution is 2.43. The van der Waals surface area contributed by atoms with Gasteiger partial charge in [-0.1, -0.05) is 30.3 Å². The van der Waals surface area contributed by atoms with Crippen molar-refractivity contribution in [2.24, 2.45) is 5.92 Å². The van der Waals surface area contributed by atoms with Crippen molar-refractivity contribution in [3.8, 4) is 0 Å². The van der Waals surface area contributed by atoms with Gasteiger partial charge >= 0.3 is 5.97 Å². The minimum absolute atomic E-state index is 0.0442. The molecule has 2 heteroatoms. The molecule has 82 valence electrons. The largest absolute Gasteiger partial charge is 0.454 e. The van der Waals surface area contributed by atoms with E-state index in [4.69, 9.17) is 4.74 Å². The molecule has 1 fully saturated rings. The molecule has 0 aromatic heterocycles. The van der Waals surface area contributed by atoms with Gasteiger partial charge in [-0.15, -0.1) is 0 Å². The van der Waals surface area contributed by atoms with E-state index in [1.807, 2.05) is 37.3 Å². The van der Waals surface area contributed by atoms with Crippen molar-refractivity contribution in [2.45, 2.75) is 25.9 Å². The van der Waals surface area contributed by atoms with Crippen LogP contribution in [0, 0.1) is 5.92 Å². The maximum absolute atomic E-state index is 11.8. The van der Waals surface area contributed by atoms with Crippen LogP contribution in [0.3, 0.4) is 0 Å². The number of carbonyl (C=O) groups excluding carboxylic acids is 1. The number of hydrogen-bond donors (Lipinski definition) is 0. The number of rotatable bonds is 2. The van der Waals surface area contributed by atoms with Crippen LogP contribution in [0.25, 0.3) is 5.57 Å². The molecule has 1 atom stereocenters. The Labute approximate surface area is 94.9 Å². The van der Waals surface area contributed by atoms with Crippen LogP contribution in [-0.4, -0.2) is 12.1 Å². The average Bonchev–Trinajstić information content (AvgIpc) is 3.07. The normalized spacial score (nSPS) is 24.8. The van der Waals surface area contributed by atoms with Gasteiger partial charge in [0, 0.05) is 0 Å². The van der Waals surface area contributed by atoms with Crippen molar-refractivity contribution >= 4 is 11.5 Å². The first-order valence-corrected chi connectivity index (χ1v) is 5.74. The lowest BCUT2D eigenvalue weighted by atomic mass is 9.98. The number of cyclic esters (lactones) is 1. The molecular weight excluding hydrogens is 200 g/mol. The highest BCUT2D eigenvalue weighted by atomic mass is 16.5. The lowest BCUT2D eigenvalue weighted by molar-refractivity contribution is -0.138. The van der Waals surface area contributed by atoms with Gasteiger partial charge < -0.3 is 4.74 Å². The Bertz CT molecular complexity index is 455. The Morgan fingerprint density at radius 3 is 2.50 bits per heavy atom. The molecule has 2 aliphatic rings. The number of hydrogen-bond acceptors (Lipinski definition) is 2. The summed E-state index contributed by atoms with van der Waals surface area (Å²) in [7, 11) is 0. The summed E-state index contributed by atoms with van der Waals surface area (Å²) in [6, 6.07) is 9.80. The zero-order chi connectivity index (χ0) is 11.1. The van der Waals surface area contributed by atoms with Crippen LogP contribution in [0.2, 0.25) is 0 Å². The molecule has 1 saturated carbocycles. The number of esters is 1. The smallest absolute Gasteiger partial charge is 0.339 e. The molecule has 1 unspecified atom stereocenters. The van der Waals surface area contributed by atoms with Gasteiger partial charge in [0.25, 0.3) is 0 Å². The summed E-state index contributed by atoms with van der Waals surface area (Å²) in [4.78, 5) is 11.8. The van der Waals surface area contributed by atoms with Crippen LogP contribution in [0.4, 0.5) is 0 Å². The van der Waals surface area contributed by atoms with E-state index in [0.29, 0.717) is 5.92 Å². The van der Waals surface area contributed by atoms with E-state index in [1.165, 1.54) is 12.8 Å². The molecule has 0 amide bonds.